The number of aromatic amines is 1. The van der Waals surface area contributed by atoms with Crippen molar-refractivity contribution in [1.82, 2.24) is 19.7 Å². The fraction of sp³-hybridized carbons (Fsp3) is 0.385. The number of hydrogen-bond donors (Lipinski definition) is 2. The highest BCUT2D eigenvalue weighted by Gasteiger charge is 2.24. The molecule has 0 unspecified atom stereocenters. The van der Waals surface area contributed by atoms with Crippen LogP contribution in [0.4, 0.5) is 5.69 Å². The number of piperazine rings is 1. The number of carbonyl (C=O) groups is 2. The molecule has 0 saturated carbocycles. The fourth-order valence-corrected chi connectivity index (χ4v) is 5.62. The number of para-hydroxylation sites is 1. The molecule has 178 valence electrons. The SMILES string of the molecule is O=C(CN1CCN(C(=O)c2cc3ccccc3[nH]2)CC1)Nc1cccc(CN2CCSCC2)c1. The van der Waals surface area contributed by atoms with Crippen molar-refractivity contribution < 1.29 is 9.59 Å². The molecular weight excluding hydrogens is 446 g/mol. The smallest absolute Gasteiger partial charge is 0.270 e. The van der Waals surface area contributed by atoms with Crippen LogP contribution in [-0.4, -0.2) is 88.8 Å². The third-order valence-corrected chi connectivity index (χ3v) is 7.45. The van der Waals surface area contributed by atoms with Crippen molar-refractivity contribution in [3.63, 3.8) is 0 Å². The lowest BCUT2D eigenvalue weighted by molar-refractivity contribution is -0.117. The van der Waals surface area contributed by atoms with E-state index in [1.54, 1.807) is 0 Å². The van der Waals surface area contributed by atoms with Gasteiger partial charge in [0.25, 0.3) is 5.91 Å². The van der Waals surface area contributed by atoms with E-state index in [0.717, 1.165) is 36.2 Å². The Kier molecular flexibility index (Phi) is 7.18. The Morgan fingerprint density at radius 2 is 1.68 bits per heavy atom. The van der Waals surface area contributed by atoms with E-state index in [1.807, 2.05) is 59.1 Å². The molecule has 7 nitrogen and oxygen atoms in total. The van der Waals surface area contributed by atoms with Crippen LogP contribution in [0.25, 0.3) is 10.9 Å². The van der Waals surface area contributed by atoms with Gasteiger partial charge in [-0.3, -0.25) is 19.4 Å². The quantitative estimate of drug-likeness (QED) is 0.571. The van der Waals surface area contributed by atoms with Crippen LogP contribution in [0.15, 0.2) is 54.6 Å². The van der Waals surface area contributed by atoms with Crippen LogP contribution in [0.3, 0.4) is 0 Å². The minimum absolute atomic E-state index is 0.0121. The summed E-state index contributed by atoms with van der Waals surface area (Å²) in [4.78, 5) is 35.2. The van der Waals surface area contributed by atoms with Crippen molar-refractivity contribution in [2.75, 3.05) is 62.6 Å². The number of fused-ring (bicyclic) bond motifs is 1. The zero-order chi connectivity index (χ0) is 23.3. The lowest BCUT2D eigenvalue weighted by Gasteiger charge is -2.34. The Bertz CT molecular complexity index is 1120. The number of aromatic nitrogens is 1. The van der Waals surface area contributed by atoms with Gasteiger partial charge in [0, 0.05) is 73.9 Å². The Balaban J connectivity index is 1.10. The Morgan fingerprint density at radius 1 is 0.882 bits per heavy atom. The number of carbonyl (C=O) groups excluding carboxylic acids is 2. The summed E-state index contributed by atoms with van der Waals surface area (Å²) >= 11 is 2.01. The number of hydrogen-bond acceptors (Lipinski definition) is 5. The van der Waals surface area contributed by atoms with Gasteiger partial charge in [-0.1, -0.05) is 30.3 Å². The van der Waals surface area contributed by atoms with Crippen molar-refractivity contribution in [2.24, 2.45) is 0 Å². The number of H-pyrrole nitrogens is 1. The lowest BCUT2D eigenvalue weighted by Crippen LogP contribution is -2.50. The zero-order valence-corrected chi connectivity index (χ0v) is 20.2. The van der Waals surface area contributed by atoms with Crippen LogP contribution in [0.1, 0.15) is 16.1 Å². The highest BCUT2D eigenvalue weighted by molar-refractivity contribution is 7.99. The molecule has 2 saturated heterocycles. The summed E-state index contributed by atoms with van der Waals surface area (Å²) in [5.74, 6) is 2.39. The molecule has 2 aliphatic rings. The second-order valence-corrected chi connectivity index (χ2v) is 10.2. The number of thioether (sulfide) groups is 1. The fourth-order valence-electron chi connectivity index (χ4n) is 4.64. The van der Waals surface area contributed by atoms with Crippen molar-refractivity contribution in [3.05, 3.63) is 65.9 Å². The summed E-state index contributed by atoms with van der Waals surface area (Å²) < 4.78 is 0. The summed E-state index contributed by atoms with van der Waals surface area (Å²) in [6.07, 6.45) is 0. The maximum Gasteiger partial charge on any atom is 0.270 e. The van der Waals surface area contributed by atoms with Gasteiger partial charge in [0.1, 0.15) is 5.69 Å². The predicted molar refractivity (Wildman–Crippen MR) is 138 cm³/mol. The summed E-state index contributed by atoms with van der Waals surface area (Å²) in [6, 6.07) is 18.0. The molecule has 2 aromatic carbocycles. The van der Waals surface area contributed by atoms with Crippen LogP contribution < -0.4 is 5.32 Å². The molecule has 2 fully saturated rings. The van der Waals surface area contributed by atoms with Gasteiger partial charge in [0.15, 0.2) is 0 Å². The van der Waals surface area contributed by atoms with Gasteiger partial charge in [-0.05, 0) is 29.8 Å². The van der Waals surface area contributed by atoms with Gasteiger partial charge in [-0.2, -0.15) is 11.8 Å². The van der Waals surface area contributed by atoms with Crippen LogP contribution in [0, 0.1) is 0 Å². The third-order valence-electron chi connectivity index (χ3n) is 6.51. The van der Waals surface area contributed by atoms with Crippen LogP contribution >= 0.6 is 11.8 Å². The number of anilines is 1. The van der Waals surface area contributed by atoms with E-state index in [2.05, 4.69) is 32.2 Å². The van der Waals surface area contributed by atoms with Crippen LogP contribution in [-0.2, 0) is 11.3 Å². The molecule has 1 aromatic heterocycles. The van der Waals surface area contributed by atoms with E-state index in [-0.39, 0.29) is 11.8 Å². The largest absolute Gasteiger partial charge is 0.351 e. The normalized spacial score (nSPS) is 17.7. The predicted octanol–water partition coefficient (Wildman–Crippen LogP) is 3.11. The molecule has 5 rings (SSSR count). The van der Waals surface area contributed by atoms with Gasteiger partial charge in [-0.15, -0.1) is 0 Å². The van der Waals surface area contributed by atoms with E-state index in [4.69, 9.17) is 0 Å². The standard InChI is InChI=1S/C26H31N5O2S/c32-25(27-22-6-3-4-20(16-22)18-30-12-14-34-15-13-30)19-29-8-10-31(11-9-29)26(33)24-17-21-5-1-2-7-23(21)28-24/h1-7,16-17,28H,8-15,18-19H2,(H,27,32). The first-order valence-electron chi connectivity index (χ1n) is 11.9. The van der Waals surface area contributed by atoms with Gasteiger partial charge in [0.05, 0.1) is 6.54 Å². The van der Waals surface area contributed by atoms with E-state index in [0.29, 0.717) is 38.4 Å². The molecule has 34 heavy (non-hydrogen) atoms. The van der Waals surface area contributed by atoms with Gasteiger partial charge in [0.2, 0.25) is 5.91 Å². The Labute approximate surface area is 204 Å². The molecule has 3 aromatic rings. The number of nitrogens with one attached hydrogen (secondary N) is 2. The first kappa shape index (κ1) is 23.0. The van der Waals surface area contributed by atoms with Gasteiger partial charge in [-0.25, -0.2) is 0 Å². The molecule has 2 amide bonds. The average Bonchev–Trinajstić information content (AvgIpc) is 3.29. The van der Waals surface area contributed by atoms with Crippen LogP contribution in [0.5, 0.6) is 0 Å². The van der Waals surface area contributed by atoms with E-state index >= 15 is 0 Å². The molecular formula is C26H31N5O2S. The summed E-state index contributed by atoms with van der Waals surface area (Å²) in [5, 5.41) is 4.09. The summed E-state index contributed by atoms with van der Waals surface area (Å²) in [6.45, 7) is 6.11. The highest BCUT2D eigenvalue weighted by atomic mass is 32.2. The highest BCUT2D eigenvalue weighted by Crippen LogP contribution is 2.18. The topological polar surface area (TPSA) is 71.7 Å². The minimum atomic E-state index is -0.0121. The average molecular weight is 478 g/mol. The second-order valence-electron chi connectivity index (χ2n) is 8.98. The number of nitrogens with zero attached hydrogens (tertiary/aromatic N) is 3. The molecule has 0 aliphatic carbocycles. The maximum atomic E-state index is 12.9. The summed E-state index contributed by atoms with van der Waals surface area (Å²) in [5.41, 5.74) is 3.67. The van der Waals surface area contributed by atoms with Gasteiger partial charge < -0.3 is 15.2 Å². The van der Waals surface area contributed by atoms with Crippen LogP contribution in [0.2, 0.25) is 0 Å². The number of amides is 2. The monoisotopic (exact) mass is 477 g/mol. The molecule has 0 bridgehead atoms. The van der Waals surface area contributed by atoms with E-state index in [9.17, 15) is 9.59 Å². The molecule has 8 heteroatoms. The second kappa shape index (κ2) is 10.6. The van der Waals surface area contributed by atoms with Crippen molar-refractivity contribution in [2.45, 2.75) is 6.54 Å². The van der Waals surface area contributed by atoms with Crippen molar-refractivity contribution in [3.8, 4) is 0 Å². The first-order valence-corrected chi connectivity index (χ1v) is 13.1. The molecule has 2 aliphatic heterocycles. The molecule has 0 spiro atoms. The number of benzene rings is 2. The number of rotatable bonds is 6. The lowest BCUT2D eigenvalue weighted by atomic mass is 10.2. The third kappa shape index (κ3) is 5.63. The minimum Gasteiger partial charge on any atom is -0.351 e. The first-order chi connectivity index (χ1) is 16.6. The van der Waals surface area contributed by atoms with Crippen molar-refractivity contribution >= 4 is 40.2 Å². The Hall–Kier alpha value is -2.81. The van der Waals surface area contributed by atoms with Gasteiger partial charge >= 0.3 is 0 Å². The van der Waals surface area contributed by atoms with E-state index < -0.39 is 0 Å². The Morgan fingerprint density at radius 3 is 2.47 bits per heavy atom. The molecule has 0 radical (unpaired) electrons. The maximum absolute atomic E-state index is 12.9. The summed E-state index contributed by atoms with van der Waals surface area (Å²) in [7, 11) is 0. The molecule has 2 N–H and O–H groups in total. The zero-order valence-electron chi connectivity index (χ0n) is 19.3. The molecule has 0 atom stereocenters. The van der Waals surface area contributed by atoms with E-state index in [1.165, 1.54) is 17.1 Å². The molecule has 3 heterocycles. The van der Waals surface area contributed by atoms with Crippen molar-refractivity contribution in [1.29, 1.82) is 0 Å².